The summed E-state index contributed by atoms with van der Waals surface area (Å²) < 4.78 is 0. The van der Waals surface area contributed by atoms with E-state index in [0.29, 0.717) is 0 Å². The predicted molar refractivity (Wildman–Crippen MR) is 127 cm³/mol. The summed E-state index contributed by atoms with van der Waals surface area (Å²) in [6.07, 6.45) is 6.98. The first-order valence-electron chi connectivity index (χ1n) is 10.7. The first-order valence-corrected chi connectivity index (χ1v) is 10.7. The molecule has 2 heterocycles. The minimum Gasteiger partial charge on any atom is -0.341 e. The van der Waals surface area contributed by atoms with Gasteiger partial charge in [-0.1, -0.05) is 30.3 Å². The van der Waals surface area contributed by atoms with Crippen molar-refractivity contribution in [2.24, 2.45) is 0 Å². The van der Waals surface area contributed by atoms with E-state index >= 15 is 0 Å². The summed E-state index contributed by atoms with van der Waals surface area (Å²) in [5.41, 5.74) is 3.56. The van der Waals surface area contributed by atoms with Crippen LogP contribution < -0.4 is 15.5 Å². The number of aryl methyl sites for hydroxylation is 1. The second-order valence-corrected chi connectivity index (χ2v) is 7.68. The zero-order chi connectivity index (χ0) is 21.5. The summed E-state index contributed by atoms with van der Waals surface area (Å²) in [7, 11) is 0. The molecule has 1 aromatic heterocycles. The summed E-state index contributed by atoms with van der Waals surface area (Å²) in [4.78, 5) is 23.7. The molecular weight excluding hydrogens is 386 g/mol. The highest BCUT2D eigenvalue weighted by Crippen LogP contribution is 2.22. The number of carbonyl (C=O) groups is 1. The van der Waals surface area contributed by atoms with Crippen LogP contribution >= 0.6 is 0 Å². The van der Waals surface area contributed by atoms with Crippen molar-refractivity contribution in [3.05, 3.63) is 78.0 Å². The summed E-state index contributed by atoms with van der Waals surface area (Å²) in [6, 6.07) is 19.3. The average molecular weight is 414 g/mol. The normalized spacial score (nSPS) is 13.9. The topological polar surface area (TPSA) is 70.2 Å². The molecule has 2 N–H and O–H groups in total. The Hall–Kier alpha value is -3.67. The summed E-state index contributed by atoms with van der Waals surface area (Å²) in [5, 5.41) is 6.23. The second-order valence-electron chi connectivity index (χ2n) is 7.68. The van der Waals surface area contributed by atoms with Gasteiger partial charge in [0.1, 0.15) is 5.82 Å². The Labute approximate surface area is 183 Å². The van der Waals surface area contributed by atoms with Crippen LogP contribution in [0.25, 0.3) is 6.08 Å². The molecule has 1 fully saturated rings. The van der Waals surface area contributed by atoms with E-state index in [9.17, 15) is 4.79 Å². The van der Waals surface area contributed by atoms with Gasteiger partial charge in [0, 0.05) is 42.3 Å². The van der Waals surface area contributed by atoms with Crippen LogP contribution in [0.3, 0.4) is 0 Å². The molecule has 0 atom stereocenters. The van der Waals surface area contributed by atoms with E-state index in [1.807, 2.05) is 67.6 Å². The number of piperidine rings is 1. The van der Waals surface area contributed by atoms with E-state index in [1.54, 1.807) is 6.08 Å². The van der Waals surface area contributed by atoms with Crippen LogP contribution in [-0.4, -0.2) is 29.0 Å². The van der Waals surface area contributed by atoms with Gasteiger partial charge in [0.15, 0.2) is 0 Å². The number of hydrogen-bond acceptors (Lipinski definition) is 5. The van der Waals surface area contributed by atoms with Crippen LogP contribution in [0.5, 0.6) is 0 Å². The molecular formula is C25H27N5O. The molecule has 3 aromatic rings. The Morgan fingerprint density at radius 1 is 0.935 bits per heavy atom. The van der Waals surface area contributed by atoms with Crippen molar-refractivity contribution < 1.29 is 4.79 Å². The van der Waals surface area contributed by atoms with E-state index < -0.39 is 0 Å². The Kier molecular flexibility index (Phi) is 6.57. The molecule has 1 aliphatic heterocycles. The van der Waals surface area contributed by atoms with Gasteiger partial charge in [0.25, 0.3) is 0 Å². The van der Waals surface area contributed by atoms with Crippen LogP contribution in [0.2, 0.25) is 0 Å². The molecule has 1 aliphatic rings. The zero-order valence-electron chi connectivity index (χ0n) is 17.7. The predicted octanol–water partition coefficient (Wildman–Crippen LogP) is 5.17. The van der Waals surface area contributed by atoms with E-state index in [-0.39, 0.29) is 5.91 Å². The number of nitrogens with one attached hydrogen (secondary N) is 2. The highest BCUT2D eigenvalue weighted by molar-refractivity contribution is 6.02. The van der Waals surface area contributed by atoms with Crippen LogP contribution in [0.15, 0.2) is 66.7 Å². The van der Waals surface area contributed by atoms with Gasteiger partial charge in [-0.2, -0.15) is 4.98 Å². The standard InChI is InChI=1S/C25H27N5O/c1-19-18-23(29-25(26-19)30-16-6-3-7-17-30)27-21-11-13-22(14-12-21)28-24(31)15-10-20-8-4-2-5-9-20/h2,4-5,8-15,18H,3,6-7,16-17H2,1H3,(H,28,31)(H,26,27,29)/b15-10+. The maximum Gasteiger partial charge on any atom is 0.248 e. The lowest BCUT2D eigenvalue weighted by Gasteiger charge is -2.27. The molecule has 1 saturated heterocycles. The van der Waals surface area contributed by atoms with Gasteiger partial charge in [-0.3, -0.25) is 4.79 Å². The molecule has 0 saturated carbocycles. The summed E-state index contributed by atoms with van der Waals surface area (Å²) in [6.45, 7) is 4.01. The van der Waals surface area contributed by atoms with Crippen molar-refractivity contribution in [3.63, 3.8) is 0 Å². The lowest BCUT2D eigenvalue weighted by Crippen LogP contribution is -2.31. The Balaban J connectivity index is 1.38. The number of hydrogen-bond donors (Lipinski definition) is 2. The van der Waals surface area contributed by atoms with Crippen LogP contribution in [0.4, 0.5) is 23.1 Å². The molecule has 158 valence electrons. The number of rotatable bonds is 6. The molecule has 0 spiro atoms. The highest BCUT2D eigenvalue weighted by atomic mass is 16.1. The largest absolute Gasteiger partial charge is 0.341 e. The van der Waals surface area contributed by atoms with Crippen molar-refractivity contribution >= 4 is 35.1 Å². The smallest absolute Gasteiger partial charge is 0.248 e. The summed E-state index contributed by atoms with van der Waals surface area (Å²) in [5.74, 6) is 1.40. The fourth-order valence-corrected chi connectivity index (χ4v) is 3.56. The average Bonchev–Trinajstić information content (AvgIpc) is 2.80. The van der Waals surface area contributed by atoms with E-state index in [0.717, 1.165) is 47.5 Å². The number of nitrogens with zero attached hydrogens (tertiary/aromatic N) is 3. The van der Waals surface area contributed by atoms with E-state index in [4.69, 9.17) is 4.98 Å². The van der Waals surface area contributed by atoms with Gasteiger partial charge >= 0.3 is 0 Å². The fraction of sp³-hybridized carbons (Fsp3) is 0.240. The van der Waals surface area contributed by atoms with Crippen molar-refractivity contribution in [1.82, 2.24) is 9.97 Å². The van der Waals surface area contributed by atoms with Crippen LogP contribution in [0.1, 0.15) is 30.5 Å². The van der Waals surface area contributed by atoms with E-state index in [2.05, 4.69) is 20.5 Å². The second kappa shape index (κ2) is 9.89. The molecule has 6 heteroatoms. The van der Waals surface area contributed by atoms with Gasteiger partial charge < -0.3 is 15.5 Å². The van der Waals surface area contributed by atoms with Gasteiger partial charge in [-0.15, -0.1) is 0 Å². The first kappa shape index (κ1) is 20.6. The van der Waals surface area contributed by atoms with Crippen molar-refractivity contribution in [2.45, 2.75) is 26.2 Å². The van der Waals surface area contributed by atoms with Gasteiger partial charge in [-0.05, 0) is 62.1 Å². The molecule has 31 heavy (non-hydrogen) atoms. The Bertz CT molecular complexity index is 1040. The third-order valence-electron chi connectivity index (χ3n) is 5.13. The number of aromatic nitrogens is 2. The van der Waals surface area contributed by atoms with Gasteiger partial charge in [0.05, 0.1) is 0 Å². The third-order valence-corrected chi connectivity index (χ3v) is 5.13. The van der Waals surface area contributed by atoms with Crippen molar-refractivity contribution in [1.29, 1.82) is 0 Å². The lowest BCUT2D eigenvalue weighted by molar-refractivity contribution is -0.111. The molecule has 0 unspecified atom stereocenters. The quantitative estimate of drug-likeness (QED) is 0.546. The monoisotopic (exact) mass is 413 g/mol. The molecule has 0 bridgehead atoms. The highest BCUT2D eigenvalue weighted by Gasteiger charge is 2.14. The van der Waals surface area contributed by atoms with Crippen molar-refractivity contribution in [2.75, 3.05) is 28.6 Å². The lowest BCUT2D eigenvalue weighted by atomic mass is 10.1. The van der Waals surface area contributed by atoms with Gasteiger partial charge in [0.2, 0.25) is 11.9 Å². The summed E-state index contributed by atoms with van der Waals surface area (Å²) >= 11 is 0. The maximum atomic E-state index is 12.2. The molecule has 0 radical (unpaired) electrons. The SMILES string of the molecule is Cc1cc(Nc2ccc(NC(=O)/C=C/c3ccccc3)cc2)nc(N2CCCCC2)n1. The number of amides is 1. The minimum atomic E-state index is -0.165. The Morgan fingerprint density at radius 3 is 2.39 bits per heavy atom. The zero-order valence-corrected chi connectivity index (χ0v) is 17.7. The van der Waals surface area contributed by atoms with Crippen LogP contribution in [0, 0.1) is 6.92 Å². The number of benzene rings is 2. The first-order chi connectivity index (χ1) is 15.2. The molecule has 0 aliphatic carbocycles. The number of carbonyl (C=O) groups excluding carboxylic acids is 1. The fourth-order valence-electron chi connectivity index (χ4n) is 3.56. The Morgan fingerprint density at radius 2 is 1.65 bits per heavy atom. The van der Waals surface area contributed by atoms with Crippen LogP contribution in [-0.2, 0) is 4.79 Å². The molecule has 4 rings (SSSR count). The third kappa shape index (κ3) is 5.92. The molecule has 6 nitrogen and oxygen atoms in total. The minimum absolute atomic E-state index is 0.165. The number of anilines is 4. The molecule has 1 amide bonds. The van der Waals surface area contributed by atoms with E-state index in [1.165, 1.54) is 25.3 Å². The maximum absolute atomic E-state index is 12.2. The molecule has 2 aromatic carbocycles. The van der Waals surface area contributed by atoms with Crippen molar-refractivity contribution in [3.8, 4) is 0 Å². The van der Waals surface area contributed by atoms with Gasteiger partial charge in [-0.25, -0.2) is 4.98 Å².